The van der Waals surface area contributed by atoms with Crippen LogP contribution in [0.2, 0.25) is 10.0 Å². The molecule has 0 atom stereocenters. The second-order valence-corrected chi connectivity index (χ2v) is 9.35. The van der Waals surface area contributed by atoms with Gasteiger partial charge in [0, 0.05) is 26.6 Å². The molecule has 0 radical (unpaired) electrons. The Kier molecular flexibility index (Phi) is 6.57. The van der Waals surface area contributed by atoms with Gasteiger partial charge in [0.25, 0.3) is 11.1 Å². The highest BCUT2D eigenvalue weighted by Crippen LogP contribution is 2.35. The first-order chi connectivity index (χ1) is 14.9. The lowest BCUT2D eigenvalue weighted by molar-refractivity contribution is -0.122. The standard InChI is InChI=1S/C22H13Cl2NO4S2/c23-14-3-1-13(2-4-14)18(26)12-25-21(27)19(31-22(25)28)11-16-7-10-20(29-16)30-17-8-5-15(24)6-9-17/h1-11H,12H2/b19-11-. The van der Waals surface area contributed by atoms with E-state index in [0.717, 1.165) is 21.6 Å². The maximum Gasteiger partial charge on any atom is 0.293 e. The van der Waals surface area contributed by atoms with E-state index in [4.69, 9.17) is 27.6 Å². The lowest BCUT2D eigenvalue weighted by Crippen LogP contribution is -2.33. The molecule has 0 saturated carbocycles. The van der Waals surface area contributed by atoms with Crippen molar-refractivity contribution in [3.63, 3.8) is 0 Å². The Morgan fingerprint density at radius 3 is 2.29 bits per heavy atom. The predicted octanol–water partition coefficient (Wildman–Crippen LogP) is 6.66. The summed E-state index contributed by atoms with van der Waals surface area (Å²) in [4.78, 5) is 39.4. The molecular formula is C22H13Cl2NO4S2. The summed E-state index contributed by atoms with van der Waals surface area (Å²) >= 11 is 13.9. The summed E-state index contributed by atoms with van der Waals surface area (Å²) in [5.41, 5.74) is 0.377. The molecule has 1 aliphatic heterocycles. The molecule has 2 amide bonds. The Balaban J connectivity index is 1.44. The minimum atomic E-state index is -0.527. The van der Waals surface area contributed by atoms with Crippen LogP contribution in [0, 0.1) is 0 Å². The smallest absolute Gasteiger partial charge is 0.293 e. The fourth-order valence-corrected chi connectivity index (χ4v) is 4.57. The summed E-state index contributed by atoms with van der Waals surface area (Å²) in [6, 6.07) is 17.1. The van der Waals surface area contributed by atoms with Gasteiger partial charge in [-0.3, -0.25) is 19.3 Å². The number of hydrogen-bond donors (Lipinski definition) is 0. The number of nitrogens with zero attached hydrogens (tertiary/aromatic N) is 1. The van der Waals surface area contributed by atoms with Crippen molar-refractivity contribution in [2.75, 3.05) is 6.54 Å². The normalized spacial score (nSPS) is 15.2. The number of hydrogen-bond acceptors (Lipinski definition) is 6. The van der Waals surface area contributed by atoms with E-state index in [1.54, 1.807) is 48.5 Å². The van der Waals surface area contributed by atoms with E-state index in [9.17, 15) is 14.4 Å². The lowest BCUT2D eigenvalue weighted by Gasteiger charge is -2.11. The molecule has 0 bridgehead atoms. The number of halogens is 2. The molecule has 1 aliphatic rings. The highest BCUT2D eigenvalue weighted by Gasteiger charge is 2.36. The molecule has 156 valence electrons. The van der Waals surface area contributed by atoms with Gasteiger partial charge in [-0.05, 0) is 72.4 Å². The molecule has 1 aromatic heterocycles. The summed E-state index contributed by atoms with van der Waals surface area (Å²) in [5.74, 6) is -0.438. The number of carbonyl (C=O) groups is 3. The van der Waals surface area contributed by atoms with E-state index in [0.29, 0.717) is 26.5 Å². The largest absolute Gasteiger partial charge is 0.450 e. The Hall–Kier alpha value is -2.45. The van der Waals surface area contributed by atoms with Crippen LogP contribution in [0.3, 0.4) is 0 Å². The number of ketones is 1. The van der Waals surface area contributed by atoms with Crippen LogP contribution in [0.5, 0.6) is 0 Å². The number of carbonyl (C=O) groups excluding carboxylic acids is 3. The lowest BCUT2D eigenvalue weighted by atomic mass is 10.1. The zero-order valence-electron chi connectivity index (χ0n) is 15.7. The molecular weight excluding hydrogens is 477 g/mol. The van der Waals surface area contributed by atoms with Gasteiger partial charge in [-0.15, -0.1) is 0 Å². The highest BCUT2D eigenvalue weighted by molar-refractivity contribution is 8.18. The average Bonchev–Trinajstić information content (AvgIpc) is 3.29. The maximum atomic E-state index is 12.7. The van der Waals surface area contributed by atoms with Crippen LogP contribution in [-0.4, -0.2) is 28.4 Å². The molecule has 0 aliphatic carbocycles. The van der Waals surface area contributed by atoms with Crippen molar-refractivity contribution in [2.24, 2.45) is 0 Å². The van der Waals surface area contributed by atoms with Crippen LogP contribution in [-0.2, 0) is 4.79 Å². The summed E-state index contributed by atoms with van der Waals surface area (Å²) < 4.78 is 5.74. The van der Waals surface area contributed by atoms with E-state index in [2.05, 4.69) is 0 Å². The van der Waals surface area contributed by atoms with Gasteiger partial charge in [-0.2, -0.15) is 0 Å². The molecule has 9 heteroatoms. The van der Waals surface area contributed by atoms with Crippen LogP contribution in [0.15, 0.2) is 80.0 Å². The third kappa shape index (κ3) is 5.25. The number of amides is 2. The Morgan fingerprint density at radius 1 is 0.968 bits per heavy atom. The van der Waals surface area contributed by atoms with Gasteiger partial charge in [-0.1, -0.05) is 35.0 Å². The molecule has 0 N–H and O–H groups in total. The van der Waals surface area contributed by atoms with Gasteiger partial charge in [0.2, 0.25) is 0 Å². The molecule has 0 spiro atoms. The van der Waals surface area contributed by atoms with E-state index >= 15 is 0 Å². The number of imide groups is 1. The van der Waals surface area contributed by atoms with E-state index in [-0.39, 0.29) is 17.2 Å². The third-order valence-corrected chi connectivity index (χ3v) is 6.59. The van der Waals surface area contributed by atoms with Crippen molar-refractivity contribution < 1.29 is 18.8 Å². The first kappa shape index (κ1) is 21.8. The number of Topliss-reactive ketones (excluding diaryl/α,β-unsaturated/α-hetero) is 1. The molecule has 4 rings (SSSR count). The predicted molar refractivity (Wildman–Crippen MR) is 123 cm³/mol. The van der Waals surface area contributed by atoms with Crippen molar-refractivity contribution >= 4 is 69.7 Å². The van der Waals surface area contributed by atoms with Gasteiger partial charge in [-0.25, -0.2) is 0 Å². The van der Waals surface area contributed by atoms with Crippen molar-refractivity contribution in [1.29, 1.82) is 0 Å². The fraction of sp³-hybridized carbons (Fsp3) is 0.0455. The molecule has 0 unspecified atom stereocenters. The van der Waals surface area contributed by atoms with Gasteiger partial charge >= 0.3 is 0 Å². The van der Waals surface area contributed by atoms with Gasteiger partial charge in [0.15, 0.2) is 10.9 Å². The summed E-state index contributed by atoms with van der Waals surface area (Å²) in [5, 5.41) is 1.28. The second kappa shape index (κ2) is 9.36. The average molecular weight is 490 g/mol. The molecule has 3 aromatic rings. The molecule has 31 heavy (non-hydrogen) atoms. The Bertz CT molecular complexity index is 1190. The van der Waals surface area contributed by atoms with E-state index < -0.39 is 11.1 Å². The van der Waals surface area contributed by atoms with Crippen LogP contribution in [0.1, 0.15) is 16.1 Å². The van der Waals surface area contributed by atoms with E-state index in [1.165, 1.54) is 17.8 Å². The van der Waals surface area contributed by atoms with Crippen LogP contribution in [0.4, 0.5) is 4.79 Å². The van der Waals surface area contributed by atoms with Crippen molar-refractivity contribution in [2.45, 2.75) is 9.99 Å². The van der Waals surface area contributed by atoms with Gasteiger partial charge in [0.05, 0.1) is 11.4 Å². The molecule has 1 saturated heterocycles. The number of thioether (sulfide) groups is 1. The summed E-state index contributed by atoms with van der Waals surface area (Å²) in [6.07, 6.45) is 1.50. The zero-order valence-corrected chi connectivity index (χ0v) is 18.9. The van der Waals surface area contributed by atoms with Crippen LogP contribution in [0.25, 0.3) is 6.08 Å². The number of furan rings is 1. The Morgan fingerprint density at radius 2 is 1.61 bits per heavy atom. The second-order valence-electron chi connectivity index (χ2n) is 6.41. The number of rotatable bonds is 6. The molecule has 5 nitrogen and oxygen atoms in total. The van der Waals surface area contributed by atoms with Crippen molar-refractivity contribution in [1.82, 2.24) is 4.90 Å². The summed E-state index contributed by atoms with van der Waals surface area (Å²) in [7, 11) is 0. The maximum absolute atomic E-state index is 12.7. The molecule has 2 aromatic carbocycles. The first-order valence-electron chi connectivity index (χ1n) is 8.96. The van der Waals surface area contributed by atoms with Crippen molar-refractivity contribution in [3.8, 4) is 0 Å². The minimum absolute atomic E-state index is 0.200. The van der Waals surface area contributed by atoms with Crippen LogP contribution < -0.4 is 0 Å². The SMILES string of the molecule is O=C(CN1C(=O)S/C(=C\c2ccc(Sc3ccc(Cl)cc3)o2)C1=O)c1ccc(Cl)cc1. The topological polar surface area (TPSA) is 67.6 Å². The van der Waals surface area contributed by atoms with Crippen LogP contribution >= 0.6 is 46.7 Å². The molecule has 2 heterocycles. The fourth-order valence-electron chi connectivity index (χ4n) is 2.72. The third-order valence-electron chi connectivity index (χ3n) is 4.25. The Labute approximate surface area is 196 Å². The van der Waals surface area contributed by atoms with Gasteiger partial charge < -0.3 is 4.42 Å². The van der Waals surface area contributed by atoms with Gasteiger partial charge in [0.1, 0.15) is 5.76 Å². The zero-order chi connectivity index (χ0) is 22.0. The highest BCUT2D eigenvalue weighted by atomic mass is 35.5. The monoisotopic (exact) mass is 489 g/mol. The minimum Gasteiger partial charge on any atom is -0.450 e. The summed E-state index contributed by atoms with van der Waals surface area (Å²) in [6.45, 7) is -0.334. The van der Waals surface area contributed by atoms with Crippen molar-refractivity contribution in [3.05, 3.63) is 86.9 Å². The molecule has 1 fully saturated rings. The number of benzene rings is 2. The first-order valence-corrected chi connectivity index (χ1v) is 11.4. The van der Waals surface area contributed by atoms with E-state index in [1.807, 2.05) is 12.1 Å². The quantitative estimate of drug-likeness (QED) is 0.285.